The number of carbonyl (C=O) groups is 1. The maximum atomic E-state index is 11.5. The first-order valence-corrected chi connectivity index (χ1v) is 6.03. The molecule has 0 unspecified atom stereocenters. The highest BCUT2D eigenvalue weighted by Crippen LogP contribution is 2.00. The first kappa shape index (κ1) is 14.7. The number of hydrogen-bond donors (Lipinski definition) is 1. The smallest absolute Gasteiger partial charge is 0.251 e. The van der Waals surface area contributed by atoms with E-state index in [0.717, 1.165) is 18.5 Å². The Balaban J connectivity index is 0.00000106. The molecular formula is C14H23NO. The molecule has 0 fully saturated rings. The lowest BCUT2D eigenvalue weighted by Gasteiger charge is -2.06. The van der Waals surface area contributed by atoms with Crippen molar-refractivity contribution in [2.45, 2.75) is 34.1 Å². The zero-order valence-corrected chi connectivity index (χ0v) is 10.8. The quantitative estimate of drug-likeness (QED) is 0.828. The second kappa shape index (κ2) is 8.96. The summed E-state index contributed by atoms with van der Waals surface area (Å²) in [5.41, 5.74) is 0.733. The van der Waals surface area contributed by atoms with Crippen LogP contribution in [0.15, 0.2) is 30.3 Å². The molecule has 1 aromatic carbocycles. The van der Waals surface area contributed by atoms with Gasteiger partial charge in [-0.1, -0.05) is 45.9 Å². The van der Waals surface area contributed by atoms with Gasteiger partial charge >= 0.3 is 0 Å². The molecule has 1 aromatic rings. The first-order chi connectivity index (χ1) is 7.70. The molecule has 0 saturated carbocycles. The predicted molar refractivity (Wildman–Crippen MR) is 69.6 cm³/mol. The van der Waals surface area contributed by atoms with Gasteiger partial charge in [0.05, 0.1) is 0 Å². The summed E-state index contributed by atoms with van der Waals surface area (Å²) < 4.78 is 0. The van der Waals surface area contributed by atoms with Crippen molar-refractivity contribution in [3.8, 4) is 0 Å². The van der Waals surface area contributed by atoms with E-state index in [2.05, 4.69) is 19.2 Å². The van der Waals surface area contributed by atoms with Gasteiger partial charge in [0, 0.05) is 12.1 Å². The van der Waals surface area contributed by atoms with Gasteiger partial charge in [0.25, 0.3) is 5.91 Å². The summed E-state index contributed by atoms with van der Waals surface area (Å²) in [6, 6.07) is 9.30. The molecule has 16 heavy (non-hydrogen) atoms. The van der Waals surface area contributed by atoms with Crippen LogP contribution in [0.25, 0.3) is 0 Å². The van der Waals surface area contributed by atoms with Crippen LogP contribution in [0.2, 0.25) is 0 Å². The van der Waals surface area contributed by atoms with Crippen molar-refractivity contribution < 1.29 is 4.79 Å². The third-order valence-electron chi connectivity index (χ3n) is 2.04. The average molecular weight is 221 g/mol. The summed E-state index contributed by atoms with van der Waals surface area (Å²) in [7, 11) is 0. The lowest BCUT2D eigenvalue weighted by Crippen LogP contribution is -2.25. The molecular weight excluding hydrogens is 198 g/mol. The van der Waals surface area contributed by atoms with E-state index in [1.54, 1.807) is 0 Å². The lowest BCUT2D eigenvalue weighted by atomic mass is 10.1. The SMILES string of the molecule is CC.CC(C)CCNC(=O)c1ccccc1. The van der Waals surface area contributed by atoms with Crippen molar-refractivity contribution in [1.29, 1.82) is 0 Å². The van der Waals surface area contributed by atoms with Crippen molar-refractivity contribution in [1.82, 2.24) is 5.32 Å². The number of rotatable bonds is 4. The molecule has 1 rings (SSSR count). The Labute approximate surface area is 99.1 Å². The van der Waals surface area contributed by atoms with E-state index >= 15 is 0 Å². The minimum absolute atomic E-state index is 0.0197. The Morgan fingerprint density at radius 2 is 1.75 bits per heavy atom. The van der Waals surface area contributed by atoms with Gasteiger partial charge in [-0.25, -0.2) is 0 Å². The van der Waals surface area contributed by atoms with E-state index < -0.39 is 0 Å². The zero-order chi connectivity index (χ0) is 12.4. The molecule has 0 saturated heterocycles. The van der Waals surface area contributed by atoms with E-state index in [1.807, 2.05) is 44.2 Å². The minimum atomic E-state index is 0.0197. The highest BCUT2D eigenvalue weighted by molar-refractivity contribution is 5.94. The van der Waals surface area contributed by atoms with Crippen LogP contribution in [0, 0.1) is 5.92 Å². The zero-order valence-electron chi connectivity index (χ0n) is 10.8. The number of hydrogen-bond acceptors (Lipinski definition) is 1. The summed E-state index contributed by atoms with van der Waals surface area (Å²) in [6.45, 7) is 9.05. The summed E-state index contributed by atoms with van der Waals surface area (Å²) in [6.07, 6.45) is 1.03. The van der Waals surface area contributed by atoms with Gasteiger partial charge < -0.3 is 5.32 Å². The lowest BCUT2D eigenvalue weighted by molar-refractivity contribution is 0.0952. The molecule has 0 aliphatic rings. The first-order valence-electron chi connectivity index (χ1n) is 6.03. The summed E-state index contributed by atoms with van der Waals surface area (Å²) >= 11 is 0. The molecule has 0 heterocycles. The van der Waals surface area contributed by atoms with Crippen molar-refractivity contribution in [3.05, 3.63) is 35.9 Å². The minimum Gasteiger partial charge on any atom is -0.352 e. The van der Waals surface area contributed by atoms with Crippen molar-refractivity contribution in [3.63, 3.8) is 0 Å². The van der Waals surface area contributed by atoms with Gasteiger partial charge in [0.2, 0.25) is 0 Å². The van der Waals surface area contributed by atoms with Crippen LogP contribution in [0.4, 0.5) is 0 Å². The van der Waals surface area contributed by atoms with Crippen molar-refractivity contribution in [2.24, 2.45) is 5.92 Å². The van der Waals surface area contributed by atoms with Crippen LogP contribution >= 0.6 is 0 Å². The van der Waals surface area contributed by atoms with Crippen LogP contribution in [-0.4, -0.2) is 12.5 Å². The Morgan fingerprint density at radius 1 is 1.19 bits per heavy atom. The fraction of sp³-hybridized carbons (Fsp3) is 0.500. The molecule has 0 aromatic heterocycles. The van der Waals surface area contributed by atoms with Crippen LogP contribution in [-0.2, 0) is 0 Å². The van der Waals surface area contributed by atoms with E-state index in [1.165, 1.54) is 0 Å². The fourth-order valence-corrected chi connectivity index (χ4v) is 1.17. The molecule has 0 aliphatic heterocycles. The van der Waals surface area contributed by atoms with Crippen molar-refractivity contribution in [2.75, 3.05) is 6.54 Å². The number of carbonyl (C=O) groups excluding carboxylic acids is 1. The van der Waals surface area contributed by atoms with Crippen LogP contribution in [0.1, 0.15) is 44.5 Å². The van der Waals surface area contributed by atoms with Gasteiger partial charge in [-0.05, 0) is 24.5 Å². The highest BCUT2D eigenvalue weighted by atomic mass is 16.1. The van der Waals surface area contributed by atoms with Gasteiger partial charge in [0.1, 0.15) is 0 Å². The number of nitrogens with one attached hydrogen (secondary N) is 1. The highest BCUT2D eigenvalue weighted by Gasteiger charge is 2.03. The van der Waals surface area contributed by atoms with Gasteiger partial charge in [-0.2, -0.15) is 0 Å². The molecule has 90 valence electrons. The molecule has 0 aliphatic carbocycles. The van der Waals surface area contributed by atoms with E-state index in [-0.39, 0.29) is 5.91 Å². The average Bonchev–Trinajstić information content (AvgIpc) is 2.32. The molecule has 2 heteroatoms. The Kier molecular flexibility index (Phi) is 8.22. The molecule has 0 atom stereocenters. The maximum Gasteiger partial charge on any atom is 0.251 e. The van der Waals surface area contributed by atoms with E-state index in [0.29, 0.717) is 5.92 Å². The number of benzene rings is 1. The van der Waals surface area contributed by atoms with Crippen LogP contribution in [0.5, 0.6) is 0 Å². The number of amides is 1. The second-order valence-corrected chi connectivity index (χ2v) is 3.80. The summed E-state index contributed by atoms with van der Waals surface area (Å²) in [5, 5.41) is 2.89. The van der Waals surface area contributed by atoms with Gasteiger partial charge in [-0.15, -0.1) is 0 Å². The Bertz CT molecular complexity index is 280. The van der Waals surface area contributed by atoms with Crippen LogP contribution in [0.3, 0.4) is 0 Å². The third kappa shape index (κ3) is 6.23. The summed E-state index contributed by atoms with van der Waals surface area (Å²) in [4.78, 5) is 11.5. The van der Waals surface area contributed by atoms with Gasteiger partial charge in [0.15, 0.2) is 0 Å². The van der Waals surface area contributed by atoms with E-state index in [4.69, 9.17) is 0 Å². The molecule has 0 spiro atoms. The largest absolute Gasteiger partial charge is 0.352 e. The topological polar surface area (TPSA) is 29.1 Å². The predicted octanol–water partition coefficient (Wildman–Crippen LogP) is 3.49. The normalized spacial score (nSPS) is 9.31. The Morgan fingerprint density at radius 3 is 2.25 bits per heavy atom. The molecule has 0 radical (unpaired) electrons. The van der Waals surface area contributed by atoms with E-state index in [9.17, 15) is 4.79 Å². The molecule has 1 N–H and O–H groups in total. The Hall–Kier alpha value is -1.31. The molecule has 1 amide bonds. The third-order valence-corrected chi connectivity index (χ3v) is 2.04. The fourth-order valence-electron chi connectivity index (χ4n) is 1.17. The monoisotopic (exact) mass is 221 g/mol. The van der Waals surface area contributed by atoms with Crippen molar-refractivity contribution >= 4 is 5.91 Å². The van der Waals surface area contributed by atoms with Gasteiger partial charge in [-0.3, -0.25) is 4.79 Å². The molecule has 0 bridgehead atoms. The molecule has 2 nitrogen and oxygen atoms in total. The summed E-state index contributed by atoms with van der Waals surface area (Å²) in [5.74, 6) is 0.650. The standard InChI is InChI=1S/C12H17NO.C2H6/c1-10(2)8-9-13-12(14)11-6-4-3-5-7-11;1-2/h3-7,10H,8-9H2,1-2H3,(H,13,14);1-2H3. The maximum absolute atomic E-state index is 11.5. The second-order valence-electron chi connectivity index (χ2n) is 3.80. The van der Waals surface area contributed by atoms with Crippen LogP contribution < -0.4 is 5.32 Å².